The van der Waals surface area contributed by atoms with Gasteiger partial charge in [-0.25, -0.2) is 4.79 Å². The molecule has 0 aromatic rings. The lowest BCUT2D eigenvalue weighted by molar-refractivity contribution is -0.151. The first-order valence-electron chi connectivity index (χ1n) is 4.68. The van der Waals surface area contributed by atoms with Crippen LogP contribution in [-0.2, 0) is 14.3 Å². The van der Waals surface area contributed by atoms with Crippen LogP contribution in [-0.4, -0.2) is 35.7 Å². The Balaban J connectivity index is 2.31. The van der Waals surface area contributed by atoms with Crippen LogP contribution >= 0.6 is 0 Å². The SMILES string of the molecule is N#CCCNC(=O)[C@@H]1CC[C@H](C(=O)O)O1. The summed E-state index contributed by atoms with van der Waals surface area (Å²) in [6.45, 7) is 0.271. The first-order valence-corrected chi connectivity index (χ1v) is 4.68. The Hall–Kier alpha value is -1.61. The summed E-state index contributed by atoms with van der Waals surface area (Å²) in [4.78, 5) is 21.9. The van der Waals surface area contributed by atoms with Crippen LogP contribution in [0, 0.1) is 11.3 Å². The monoisotopic (exact) mass is 212 g/mol. The number of nitriles is 1. The summed E-state index contributed by atoms with van der Waals surface area (Å²) in [5, 5.41) is 19.4. The maximum atomic E-state index is 11.3. The van der Waals surface area contributed by atoms with Crippen molar-refractivity contribution < 1.29 is 19.4 Å². The van der Waals surface area contributed by atoms with Gasteiger partial charge in [0, 0.05) is 6.54 Å². The van der Waals surface area contributed by atoms with Crippen molar-refractivity contribution in [2.24, 2.45) is 0 Å². The third kappa shape index (κ3) is 3.22. The Kier molecular flexibility index (Phi) is 4.06. The highest BCUT2D eigenvalue weighted by Crippen LogP contribution is 2.19. The molecule has 15 heavy (non-hydrogen) atoms. The van der Waals surface area contributed by atoms with Gasteiger partial charge in [-0.3, -0.25) is 4.79 Å². The van der Waals surface area contributed by atoms with Gasteiger partial charge < -0.3 is 15.2 Å². The quantitative estimate of drug-likeness (QED) is 0.620. The molecule has 1 aliphatic heterocycles. The number of amides is 1. The van der Waals surface area contributed by atoms with Crippen LogP contribution < -0.4 is 5.32 Å². The Labute approximate surface area is 86.8 Å². The fourth-order valence-electron chi connectivity index (χ4n) is 1.37. The van der Waals surface area contributed by atoms with Gasteiger partial charge in [-0.05, 0) is 12.8 Å². The fraction of sp³-hybridized carbons (Fsp3) is 0.667. The van der Waals surface area contributed by atoms with E-state index in [-0.39, 0.29) is 18.9 Å². The lowest BCUT2D eigenvalue weighted by Gasteiger charge is -2.10. The molecule has 2 N–H and O–H groups in total. The minimum atomic E-state index is -1.04. The molecule has 0 aromatic carbocycles. The van der Waals surface area contributed by atoms with E-state index in [1.165, 1.54) is 0 Å². The first kappa shape index (κ1) is 11.5. The van der Waals surface area contributed by atoms with Crippen molar-refractivity contribution in [1.82, 2.24) is 5.32 Å². The molecule has 1 amide bonds. The van der Waals surface area contributed by atoms with Crippen molar-refractivity contribution >= 4 is 11.9 Å². The smallest absolute Gasteiger partial charge is 0.332 e. The number of hydrogen-bond donors (Lipinski definition) is 2. The second-order valence-corrected chi connectivity index (χ2v) is 3.23. The second-order valence-electron chi connectivity index (χ2n) is 3.23. The number of carbonyl (C=O) groups excluding carboxylic acids is 1. The third-order valence-corrected chi connectivity index (χ3v) is 2.12. The van der Waals surface area contributed by atoms with Crippen LogP contribution in [0.25, 0.3) is 0 Å². The molecule has 6 nitrogen and oxygen atoms in total. The molecular formula is C9H12N2O4. The molecule has 1 saturated heterocycles. The Morgan fingerprint density at radius 2 is 2.13 bits per heavy atom. The largest absolute Gasteiger partial charge is 0.479 e. The van der Waals surface area contributed by atoms with E-state index < -0.39 is 18.2 Å². The lowest BCUT2D eigenvalue weighted by atomic mass is 10.2. The highest BCUT2D eigenvalue weighted by Gasteiger charge is 2.34. The summed E-state index contributed by atoms with van der Waals surface area (Å²) >= 11 is 0. The Morgan fingerprint density at radius 3 is 2.67 bits per heavy atom. The molecule has 0 saturated carbocycles. The number of nitrogens with zero attached hydrogens (tertiary/aromatic N) is 1. The molecule has 1 heterocycles. The minimum Gasteiger partial charge on any atom is -0.479 e. The van der Waals surface area contributed by atoms with E-state index in [1.54, 1.807) is 0 Å². The fourth-order valence-corrected chi connectivity index (χ4v) is 1.37. The van der Waals surface area contributed by atoms with E-state index in [0.717, 1.165) is 0 Å². The van der Waals surface area contributed by atoms with Gasteiger partial charge in [0.25, 0.3) is 0 Å². The van der Waals surface area contributed by atoms with Crippen molar-refractivity contribution in [3.63, 3.8) is 0 Å². The molecule has 1 aliphatic rings. The number of ether oxygens (including phenoxy) is 1. The zero-order valence-electron chi connectivity index (χ0n) is 8.10. The number of aliphatic carboxylic acids is 1. The van der Waals surface area contributed by atoms with Crippen molar-refractivity contribution in [3.8, 4) is 6.07 Å². The zero-order chi connectivity index (χ0) is 11.3. The van der Waals surface area contributed by atoms with Gasteiger partial charge >= 0.3 is 5.97 Å². The standard InChI is InChI=1S/C9H12N2O4/c10-4-1-5-11-8(12)6-2-3-7(15-6)9(13)14/h6-7H,1-3,5H2,(H,11,12)(H,13,14)/t6-,7+/m0/s1. The zero-order valence-corrected chi connectivity index (χ0v) is 8.10. The van der Waals surface area contributed by atoms with Crippen LogP contribution in [0.2, 0.25) is 0 Å². The third-order valence-electron chi connectivity index (χ3n) is 2.12. The summed E-state index contributed by atoms with van der Waals surface area (Å²) in [7, 11) is 0. The van der Waals surface area contributed by atoms with Gasteiger partial charge in [0.15, 0.2) is 6.10 Å². The van der Waals surface area contributed by atoms with Crippen LogP contribution in [0.1, 0.15) is 19.3 Å². The van der Waals surface area contributed by atoms with E-state index in [4.69, 9.17) is 15.1 Å². The van der Waals surface area contributed by atoms with Crippen molar-refractivity contribution in [3.05, 3.63) is 0 Å². The van der Waals surface area contributed by atoms with Gasteiger partial charge in [-0.2, -0.15) is 5.26 Å². The minimum absolute atomic E-state index is 0.237. The second kappa shape index (κ2) is 5.32. The first-order chi connectivity index (χ1) is 7.15. The molecule has 2 atom stereocenters. The molecule has 82 valence electrons. The number of rotatable bonds is 4. The molecule has 1 rings (SSSR count). The molecule has 0 aliphatic carbocycles. The van der Waals surface area contributed by atoms with E-state index >= 15 is 0 Å². The lowest BCUT2D eigenvalue weighted by Crippen LogP contribution is -2.36. The number of carboxylic acid groups (broad SMARTS) is 1. The van der Waals surface area contributed by atoms with Gasteiger partial charge in [-0.1, -0.05) is 0 Å². The highest BCUT2D eigenvalue weighted by atomic mass is 16.5. The van der Waals surface area contributed by atoms with Gasteiger partial charge in [-0.15, -0.1) is 0 Å². The van der Waals surface area contributed by atoms with Crippen LogP contribution in [0.4, 0.5) is 0 Å². The van der Waals surface area contributed by atoms with E-state index in [2.05, 4.69) is 5.32 Å². The summed E-state index contributed by atoms with van der Waals surface area (Å²) in [5.41, 5.74) is 0. The number of hydrogen-bond acceptors (Lipinski definition) is 4. The number of carbonyl (C=O) groups is 2. The van der Waals surface area contributed by atoms with Crippen molar-refractivity contribution in [2.45, 2.75) is 31.5 Å². The normalized spacial score (nSPS) is 24.5. The Bertz CT molecular complexity index is 297. The predicted molar refractivity (Wildman–Crippen MR) is 48.8 cm³/mol. The molecule has 0 spiro atoms. The molecule has 0 unspecified atom stereocenters. The van der Waals surface area contributed by atoms with E-state index in [0.29, 0.717) is 12.8 Å². The van der Waals surface area contributed by atoms with E-state index in [9.17, 15) is 9.59 Å². The topological polar surface area (TPSA) is 99.4 Å². The summed E-state index contributed by atoms with van der Waals surface area (Å²) < 4.78 is 5.02. The molecule has 6 heteroatoms. The molecular weight excluding hydrogens is 200 g/mol. The summed E-state index contributed by atoms with van der Waals surface area (Å²) in [6.07, 6.45) is -0.566. The summed E-state index contributed by atoms with van der Waals surface area (Å²) in [5.74, 6) is -1.38. The van der Waals surface area contributed by atoms with Crippen LogP contribution in [0.5, 0.6) is 0 Å². The van der Waals surface area contributed by atoms with Gasteiger partial charge in [0.1, 0.15) is 6.10 Å². The Morgan fingerprint density at radius 1 is 1.47 bits per heavy atom. The highest BCUT2D eigenvalue weighted by molar-refractivity contribution is 5.82. The number of nitrogens with one attached hydrogen (secondary N) is 1. The molecule has 0 bridgehead atoms. The van der Waals surface area contributed by atoms with Crippen LogP contribution in [0.15, 0.2) is 0 Å². The maximum Gasteiger partial charge on any atom is 0.332 e. The van der Waals surface area contributed by atoms with E-state index in [1.807, 2.05) is 6.07 Å². The van der Waals surface area contributed by atoms with Crippen LogP contribution in [0.3, 0.4) is 0 Å². The molecule has 1 fully saturated rings. The average molecular weight is 212 g/mol. The summed E-state index contributed by atoms with van der Waals surface area (Å²) in [6, 6.07) is 1.89. The predicted octanol–water partition coefficient (Wildman–Crippen LogP) is -0.352. The van der Waals surface area contributed by atoms with Crippen molar-refractivity contribution in [2.75, 3.05) is 6.54 Å². The van der Waals surface area contributed by atoms with Gasteiger partial charge in [0.05, 0.1) is 12.5 Å². The average Bonchev–Trinajstić information content (AvgIpc) is 2.66. The maximum absolute atomic E-state index is 11.3. The molecule has 0 radical (unpaired) electrons. The number of carboxylic acids is 1. The molecule has 0 aromatic heterocycles. The van der Waals surface area contributed by atoms with Crippen molar-refractivity contribution in [1.29, 1.82) is 5.26 Å². The van der Waals surface area contributed by atoms with Gasteiger partial charge in [0.2, 0.25) is 5.91 Å².